The molecule has 4 nitrogen and oxygen atoms in total. The van der Waals surface area contributed by atoms with Crippen molar-refractivity contribution in [3.05, 3.63) is 47.7 Å². The van der Waals surface area contributed by atoms with Gasteiger partial charge in [-0.2, -0.15) is 0 Å². The van der Waals surface area contributed by atoms with E-state index in [4.69, 9.17) is 4.74 Å². The fourth-order valence-electron chi connectivity index (χ4n) is 1.20. The largest absolute Gasteiger partial charge is 0.508 e. The van der Waals surface area contributed by atoms with Gasteiger partial charge in [0, 0.05) is 0 Å². The summed E-state index contributed by atoms with van der Waals surface area (Å²) in [6.45, 7) is 0. The van der Waals surface area contributed by atoms with Gasteiger partial charge in [0.15, 0.2) is 0 Å². The van der Waals surface area contributed by atoms with Crippen LogP contribution in [0.2, 0.25) is 0 Å². The Labute approximate surface area is 99.8 Å². The van der Waals surface area contributed by atoms with Crippen LogP contribution in [0.4, 0.5) is 0 Å². The fourth-order valence-corrected chi connectivity index (χ4v) is 1.20. The quantitative estimate of drug-likeness (QED) is 0.375. The molecule has 0 saturated heterocycles. The first-order chi connectivity index (χ1) is 8.17. The second-order valence-corrected chi connectivity index (χ2v) is 3.18. The Morgan fingerprint density at radius 1 is 1.29 bits per heavy atom. The number of hydrogen-bond donors (Lipinski definition) is 1. The van der Waals surface area contributed by atoms with Gasteiger partial charge < -0.3 is 14.6 Å². The zero-order valence-electron chi connectivity index (χ0n) is 9.71. The lowest BCUT2D eigenvalue weighted by Crippen LogP contribution is -2.05. The van der Waals surface area contributed by atoms with E-state index in [-0.39, 0.29) is 11.5 Å². The molecule has 0 aliphatic rings. The molecule has 0 atom stereocenters. The number of ether oxygens (including phenoxy) is 2. The van der Waals surface area contributed by atoms with Crippen molar-refractivity contribution in [2.24, 2.45) is 0 Å². The van der Waals surface area contributed by atoms with E-state index < -0.39 is 5.97 Å². The van der Waals surface area contributed by atoms with E-state index >= 15 is 0 Å². The maximum absolute atomic E-state index is 11.2. The Morgan fingerprint density at radius 2 is 2.06 bits per heavy atom. The van der Waals surface area contributed by atoms with Gasteiger partial charge in [-0.1, -0.05) is 24.3 Å². The highest BCUT2D eigenvalue weighted by molar-refractivity contribution is 5.86. The highest BCUT2D eigenvalue weighted by Crippen LogP contribution is 2.12. The van der Waals surface area contributed by atoms with Crippen molar-refractivity contribution < 1.29 is 19.4 Å². The molecule has 0 amide bonds. The molecule has 0 spiro atoms. The van der Waals surface area contributed by atoms with Gasteiger partial charge in [-0.25, -0.2) is 4.79 Å². The highest BCUT2D eigenvalue weighted by atomic mass is 16.6. The number of phenolic OH excluding ortho intramolecular Hbond substituents is 1. The van der Waals surface area contributed by atoms with Crippen LogP contribution in [-0.2, 0) is 14.3 Å². The number of aromatic hydroxyl groups is 1. The minimum Gasteiger partial charge on any atom is -0.508 e. The lowest BCUT2D eigenvalue weighted by atomic mass is 10.2. The maximum atomic E-state index is 11.2. The first kappa shape index (κ1) is 12.8. The third-order valence-electron chi connectivity index (χ3n) is 2.01. The van der Waals surface area contributed by atoms with E-state index in [2.05, 4.69) is 4.74 Å². The number of hydrogen-bond acceptors (Lipinski definition) is 4. The molecular weight excluding hydrogens is 220 g/mol. The molecule has 0 aromatic heterocycles. The van der Waals surface area contributed by atoms with Crippen molar-refractivity contribution >= 4 is 12.0 Å². The third kappa shape index (κ3) is 4.03. The van der Waals surface area contributed by atoms with Gasteiger partial charge in [0.2, 0.25) is 5.76 Å². The fraction of sp³-hybridized carbons (Fsp3) is 0.154. The number of carbonyl (C=O) groups excluding carboxylic acids is 1. The van der Waals surface area contributed by atoms with Gasteiger partial charge in [-0.05, 0) is 23.8 Å². The van der Waals surface area contributed by atoms with Gasteiger partial charge in [0.1, 0.15) is 5.75 Å². The second kappa shape index (κ2) is 6.37. The topological polar surface area (TPSA) is 55.8 Å². The van der Waals surface area contributed by atoms with Crippen LogP contribution in [0.15, 0.2) is 42.2 Å². The molecule has 17 heavy (non-hydrogen) atoms. The molecule has 0 radical (unpaired) electrons. The monoisotopic (exact) mass is 234 g/mol. The third-order valence-corrected chi connectivity index (χ3v) is 2.01. The lowest BCUT2D eigenvalue weighted by molar-refractivity contribution is -0.139. The molecule has 1 aromatic rings. The van der Waals surface area contributed by atoms with Crippen molar-refractivity contribution in [2.45, 2.75) is 0 Å². The van der Waals surface area contributed by atoms with E-state index in [0.29, 0.717) is 0 Å². The van der Waals surface area contributed by atoms with Crippen LogP contribution >= 0.6 is 0 Å². The number of carbonyl (C=O) groups is 1. The molecule has 0 aliphatic carbocycles. The van der Waals surface area contributed by atoms with E-state index in [1.807, 2.05) is 6.07 Å². The first-order valence-electron chi connectivity index (χ1n) is 4.97. The maximum Gasteiger partial charge on any atom is 0.373 e. The van der Waals surface area contributed by atoms with Crippen LogP contribution < -0.4 is 0 Å². The molecule has 0 heterocycles. The van der Waals surface area contributed by atoms with Crippen molar-refractivity contribution in [1.82, 2.24) is 0 Å². The summed E-state index contributed by atoms with van der Waals surface area (Å²) in [4.78, 5) is 11.2. The Morgan fingerprint density at radius 3 is 2.65 bits per heavy atom. The smallest absolute Gasteiger partial charge is 0.373 e. The van der Waals surface area contributed by atoms with Crippen LogP contribution in [0.1, 0.15) is 5.56 Å². The van der Waals surface area contributed by atoms with Gasteiger partial charge in [-0.3, -0.25) is 0 Å². The number of esters is 1. The van der Waals surface area contributed by atoms with Crippen molar-refractivity contribution in [2.75, 3.05) is 14.2 Å². The summed E-state index contributed by atoms with van der Waals surface area (Å²) in [7, 11) is 2.68. The van der Waals surface area contributed by atoms with Gasteiger partial charge >= 0.3 is 5.97 Å². The van der Waals surface area contributed by atoms with E-state index in [0.717, 1.165) is 5.56 Å². The summed E-state index contributed by atoms with van der Waals surface area (Å²) in [6, 6.07) is 6.75. The molecule has 90 valence electrons. The summed E-state index contributed by atoms with van der Waals surface area (Å²) < 4.78 is 9.37. The predicted molar refractivity (Wildman–Crippen MR) is 64.2 cm³/mol. The zero-order valence-corrected chi connectivity index (χ0v) is 9.71. The molecule has 1 N–H and O–H groups in total. The average Bonchev–Trinajstić information content (AvgIpc) is 2.34. The summed E-state index contributed by atoms with van der Waals surface area (Å²) >= 11 is 0. The number of phenols is 1. The Bertz CT molecular complexity index is 446. The standard InChI is InChI=1S/C13H14O4/c1-16-12(13(15)17-2)8-4-6-10-5-3-7-11(14)9-10/h3-9,14H,1-2H3/b6-4+,12-8-. The Kier molecular flexibility index (Phi) is 4.81. The first-order valence-corrected chi connectivity index (χ1v) is 4.97. The Hall–Kier alpha value is -2.23. The average molecular weight is 234 g/mol. The molecule has 0 saturated carbocycles. The van der Waals surface area contributed by atoms with Gasteiger partial charge in [-0.15, -0.1) is 0 Å². The van der Waals surface area contributed by atoms with E-state index in [1.54, 1.807) is 30.4 Å². The summed E-state index contributed by atoms with van der Waals surface area (Å²) in [6.07, 6.45) is 4.88. The molecule has 0 fully saturated rings. The van der Waals surface area contributed by atoms with Crippen LogP contribution in [0.3, 0.4) is 0 Å². The SMILES string of the molecule is COC(=O)/C(=C/C=C/c1cccc(O)c1)OC. The number of allylic oxidation sites excluding steroid dienone is 2. The van der Waals surface area contributed by atoms with E-state index in [1.165, 1.54) is 20.3 Å². The minimum absolute atomic E-state index is 0.115. The van der Waals surface area contributed by atoms with Crippen molar-refractivity contribution in [3.63, 3.8) is 0 Å². The Balaban J connectivity index is 2.77. The zero-order chi connectivity index (χ0) is 12.7. The molecule has 0 aliphatic heterocycles. The van der Waals surface area contributed by atoms with Crippen LogP contribution in [0.25, 0.3) is 6.08 Å². The molecule has 1 aromatic carbocycles. The van der Waals surface area contributed by atoms with Gasteiger partial charge in [0.05, 0.1) is 14.2 Å². The summed E-state index contributed by atoms with van der Waals surface area (Å²) in [5.41, 5.74) is 0.821. The molecule has 4 heteroatoms. The highest BCUT2D eigenvalue weighted by Gasteiger charge is 2.06. The summed E-state index contributed by atoms with van der Waals surface area (Å²) in [5.74, 6) is -0.229. The molecule has 0 bridgehead atoms. The van der Waals surface area contributed by atoms with Crippen molar-refractivity contribution in [1.29, 1.82) is 0 Å². The van der Waals surface area contributed by atoms with Crippen LogP contribution in [0.5, 0.6) is 5.75 Å². The molecule has 0 unspecified atom stereocenters. The normalized spacial score (nSPS) is 11.5. The minimum atomic E-state index is -0.534. The number of benzene rings is 1. The molecular formula is C13H14O4. The number of rotatable bonds is 4. The second-order valence-electron chi connectivity index (χ2n) is 3.18. The van der Waals surface area contributed by atoms with Crippen molar-refractivity contribution in [3.8, 4) is 5.75 Å². The number of methoxy groups -OCH3 is 2. The lowest BCUT2D eigenvalue weighted by Gasteiger charge is -2.01. The van der Waals surface area contributed by atoms with Crippen LogP contribution in [0, 0.1) is 0 Å². The predicted octanol–water partition coefficient (Wildman–Crippen LogP) is 2.11. The summed E-state index contributed by atoms with van der Waals surface area (Å²) in [5, 5.41) is 9.25. The van der Waals surface area contributed by atoms with E-state index in [9.17, 15) is 9.90 Å². The molecule has 1 rings (SSSR count). The van der Waals surface area contributed by atoms with Gasteiger partial charge in [0.25, 0.3) is 0 Å². The van der Waals surface area contributed by atoms with Crippen LogP contribution in [-0.4, -0.2) is 25.3 Å².